The lowest BCUT2D eigenvalue weighted by molar-refractivity contribution is -0.117. The Morgan fingerprint density at radius 1 is 1.35 bits per heavy atom. The average Bonchev–Trinajstić information content (AvgIpc) is 2.86. The number of anilines is 1. The van der Waals surface area contributed by atoms with E-state index in [9.17, 15) is 19.5 Å². The van der Waals surface area contributed by atoms with Gasteiger partial charge in [-0.25, -0.2) is 9.59 Å². The molecule has 20 heavy (non-hydrogen) atoms. The number of nitrogens with one attached hydrogen (secondary N) is 2. The monoisotopic (exact) mass is 297 g/mol. The maximum atomic E-state index is 11.9. The molecule has 1 aromatic heterocycles. The number of aromatic carboxylic acids is 1. The average molecular weight is 297 g/mol. The van der Waals surface area contributed by atoms with Crippen LogP contribution in [0.3, 0.4) is 0 Å². The largest absolute Gasteiger partial charge is 0.478 e. The molecule has 0 fully saturated rings. The zero-order chi connectivity index (χ0) is 14.9. The minimum atomic E-state index is -1.05. The third-order valence-electron chi connectivity index (χ3n) is 3.12. The molecule has 1 aromatic rings. The van der Waals surface area contributed by atoms with Crippen LogP contribution in [0.25, 0.3) is 0 Å². The van der Waals surface area contributed by atoms with Crippen molar-refractivity contribution in [2.75, 3.05) is 5.32 Å². The highest BCUT2D eigenvalue weighted by Gasteiger charge is 2.28. The van der Waals surface area contributed by atoms with E-state index in [4.69, 9.17) is 5.73 Å². The number of carboxylic acid groups (broad SMARTS) is 1. The second-order valence-electron chi connectivity index (χ2n) is 4.59. The van der Waals surface area contributed by atoms with Gasteiger partial charge in [-0.05, 0) is 31.7 Å². The van der Waals surface area contributed by atoms with Crippen LogP contribution in [0.2, 0.25) is 0 Å². The van der Waals surface area contributed by atoms with Crippen LogP contribution in [0.1, 0.15) is 34.1 Å². The first-order chi connectivity index (χ1) is 9.40. The number of hydrogen-bond acceptors (Lipinski definition) is 4. The number of primary amides is 1. The number of rotatable bonds is 4. The minimum absolute atomic E-state index is 0.169. The summed E-state index contributed by atoms with van der Waals surface area (Å²) < 4.78 is 0. The van der Waals surface area contributed by atoms with Gasteiger partial charge in [0, 0.05) is 4.88 Å². The zero-order valence-electron chi connectivity index (χ0n) is 10.9. The van der Waals surface area contributed by atoms with Crippen LogP contribution in [-0.2, 0) is 17.6 Å². The van der Waals surface area contributed by atoms with Crippen LogP contribution < -0.4 is 16.4 Å². The first-order valence-corrected chi connectivity index (χ1v) is 6.96. The maximum Gasteiger partial charge on any atom is 0.339 e. The number of carbonyl (C=O) groups excluding carboxylic acids is 2. The maximum absolute atomic E-state index is 11.9. The Bertz CT molecular complexity index is 582. The van der Waals surface area contributed by atoms with E-state index >= 15 is 0 Å². The molecule has 1 atom stereocenters. The zero-order valence-corrected chi connectivity index (χ0v) is 11.7. The number of amides is 3. The van der Waals surface area contributed by atoms with Crippen molar-refractivity contribution >= 4 is 34.2 Å². The molecule has 2 rings (SSSR count). The third kappa shape index (κ3) is 2.74. The summed E-state index contributed by atoms with van der Waals surface area (Å²) in [5, 5.41) is 14.4. The van der Waals surface area contributed by atoms with Crippen LogP contribution in [-0.4, -0.2) is 29.1 Å². The van der Waals surface area contributed by atoms with E-state index < -0.39 is 23.9 Å². The summed E-state index contributed by atoms with van der Waals surface area (Å²) in [5.74, 6) is -1.54. The highest BCUT2D eigenvalue weighted by Crippen LogP contribution is 2.39. The predicted octanol–water partition coefficient (Wildman–Crippen LogP) is 0.930. The summed E-state index contributed by atoms with van der Waals surface area (Å²) in [5.41, 5.74) is 5.92. The van der Waals surface area contributed by atoms with Crippen molar-refractivity contribution in [3.05, 3.63) is 16.0 Å². The van der Waals surface area contributed by atoms with Gasteiger partial charge in [-0.15, -0.1) is 11.3 Å². The second-order valence-corrected chi connectivity index (χ2v) is 5.69. The van der Waals surface area contributed by atoms with E-state index in [1.807, 2.05) is 0 Å². The van der Waals surface area contributed by atoms with E-state index in [0.717, 1.165) is 29.7 Å². The molecule has 3 amide bonds. The number of urea groups is 1. The normalized spacial score (nSPS) is 14.4. The number of aryl methyl sites for hydroxylation is 1. The number of carbonyl (C=O) groups is 3. The van der Waals surface area contributed by atoms with Gasteiger partial charge >= 0.3 is 12.0 Å². The number of fused-ring (bicyclic) bond motifs is 1. The van der Waals surface area contributed by atoms with Gasteiger partial charge in [-0.3, -0.25) is 4.79 Å². The minimum Gasteiger partial charge on any atom is -0.478 e. The predicted molar refractivity (Wildman–Crippen MR) is 74.1 cm³/mol. The Hall–Kier alpha value is -2.09. The van der Waals surface area contributed by atoms with Gasteiger partial charge < -0.3 is 21.5 Å². The Morgan fingerprint density at radius 2 is 2.05 bits per heavy atom. The molecule has 1 aliphatic rings. The molecule has 0 saturated carbocycles. The van der Waals surface area contributed by atoms with Gasteiger partial charge in [0.25, 0.3) is 0 Å². The van der Waals surface area contributed by atoms with E-state index in [2.05, 4.69) is 10.6 Å². The summed E-state index contributed by atoms with van der Waals surface area (Å²) in [6.07, 6.45) is 2.50. The molecule has 0 aliphatic heterocycles. The van der Waals surface area contributed by atoms with Gasteiger partial charge in [0.05, 0.1) is 5.56 Å². The summed E-state index contributed by atoms with van der Waals surface area (Å²) >= 11 is 1.28. The topological polar surface area (TPSA) is 122 Å². The van der Waals surface area contributed by atoms with Crippen molar-refractivity contribution in [3.8, 4) is 0 Å². The molecular weight excluding hydrogens is 282 g/mol. The number of thiophene rings is 1. The molecule has 108 valence electrons. The fourth-order valence-corrected chi connectivity index (χ4v) is 3.50. The highest BCUT2D eigenvalue weighted by molar-refractivity contribution is 7.17. The van der Waals surface area contributed by atoms with Crippen molar-refractivity contribution < 1.29 is 19.5 Å². The van der Waals surface area contributed by atoms with Crippen LogP contribution >= 0.6 is 11.3 Å². The van der Waals surface area contributed by atoms with Crippen molar-refractivity contribution in [2.24, 2.45) is 5.73 Å². The van der Waals surface area contributed by atoms with Gasteiger partial charge in [0.2, 0.25) is 5.91 Å². The van der Waals surface area contributed by atoms with Crippen molar-refractivity contribution in [1.82, 2.24) is 5.32 Å². The molecule has 1 aliphatic carbocycles. The lowest BCUT2D eigenvalue weighted by atomic mass is 10.1. The molecule has 0 saturated heterocycles. The van der Waals surface area contributed by atoms with E-state index in [-0.39, 0.29) is 5.56 Å². The van der Waals surface area contributed by atoms with Gasteiger partial charge in [0.15, 0.2) is 0 Å². The Balaban J connectivity index is 2.20. The number of carboxylic acids is 1. The van der Waals surface area contributed by atoms with Crippen LogP contribution in [0, 0.1) is 0 Å². The summed E-state index contributed by atoms with van der Waals surface area (Å²) in [4.78, 5) is 34.9. The number of hydrogen-bond donors (Lipinski definition) is 4. The SMILES string of the molecule is CC(NC(N)=O)C(=O)Nc1sc2c(c1C(=O)O)CCC2. The first-order valence-electron chi connectivity index (χ1n) is 6.14. The lowest BCUT2D eigenvalue weighted by Crippen LogP contribution is -2.44. The van der Waals surface area contributed by atoms with Crippen LogP contribution in [0.4, 0.5) is 9.80 Å². The quantitative estimate of drug-likeness (QED) is 0.660. The van der Waals surface area contributed by atoms with E-state index in [1.54, 1.807) is 0 Å². The van der Waals surface area contributed by atoms with Gasteiger partial charge in [-0.1, -0.05) is 0 Å². The van der Waals surface area contributed by atoms with Crippen LogP contribution in [0.5, 0.6) is 0 Å². The molecule has 0 aromatic carbocycles. The summed E-state index contributed by atoms with van der Waals surface area (Å²) in [6.45, 7) is 1.47. The van der Waals surface area contributed by atoms with Gasteiger partial charge in [0.1, 0.15) is 11.0 Å². The first kappa shape index (κ1) is 14.3. The van der Waals surface area contributed by atoms with E-state index in [0.29, 0.717) is 5.00 Å². The third-order valence-corrected chi connectivity index (χ3v) is 4.33. The molecule has 0 spiro atoms. The van der Waals surface area contributed by atoms with Gasteiger partial charge in [-0.2, -0.15) is 0 Å². The Kier molecular flexibility index (Phi) is 3.93. The molecule has 8 heteroatoms. The van der Waals surface area contributed by atoms with Crippen molar-refractivity contribution in [2.45, 2.75) is 32.2 Å². The molecule has 1 heterocycles. The molecule has 0 bridgehead atoms. The molecule has 0 radical (unpaired) electrons. The fraction of sp³-hybridized carbons (Fsp3) is 0.417. The molecule has 7 nitrogen and oxygen atoms in total. The number of nitrogens with two attached hydrogens (primary N) is 1. The van der Waals surface area contributed by atoms with Crippen LogP contribution in [0.15, 0.2) is 0 Å². The molecule has 5 N–H and O–H groups in total. The lowest BCUT2D eigenvalue weighted by Gasteiger charge is -2.12. The Labute approximate surface area is 119 Å². The molecule has 1 unspecified atom stereocenters. The molecular formula is C12H15N3O4S. The smallest absolute Gasteiger partial charge is 0.339 e. The standard InChI is InChI=1S/C12H15N3O4S/c1-5(14-12(13)19)9(16)15-10-8(11(17)18)6-3-2-4-7(6)20-10/h5H,2-4H2,1H3,(H,15,16)(H,17,18)(H3,13,14,19). The Morgan fingerprint density at radius 3 is 2.65 bits per heavy atom. The fourth-order valence-electron chi connectivity index (χ4n) is 2.22. The summed E-state index contributed by atoms with van der Waals surface area (Å²) in [6, 6.07) is -1.63. The van der Waals surface area contributed by atoms with Crippen molar-refractivity contribution in [3.63, 3.8) is 0 Å². The summed E-state index contributed by atoms with van der Waals surface area (Å²) in [7, 11) is 0. The van der Waals surface area contributed by atoms with E-state index in [1.165, 1.54) is 18.3 Å². The second kappa shape index (κ2) is 5.49. The van der Waals surface area contributed by atoms with Crippen molar-refractivity contribution in [1.29, 1.82) is 0 Å². The highest BCUT2D eigenvalue weighted by atomic mass is 32.1.